The van der Waals surface area contributed by atoms with Crippen LogP contribution in [-0.2, 0) is 25.5 Å². The summed E-state index contributed by atoms with van der Waals surface area (Å²) in [6.45, 7) is 3.12. The fourth-order valence-electron chi connectivity index (χ4n) is 9.20. The Morgan fingerprint density at radius 3 is 2.74 bits per heavy atom. The number of fused-ring (bicyclic) bond motifs is 2. The number of likely N-dealkylation sites (N-methyl/N-ethyl adjacent to an activating group) is 1. The van der Waals surface area contributed by atoms with E-state index in [1.165, 1.54) is 11.3 Å². The molecule has 6 aliphatic rings. The number of ketones is 2. The van der Waals surface area contributed by atoms with Gasteiger partial charge in [0.05, 0.1) is 6.61 Å². The number of rotatable bonds is 1. The normalized spacial score (nSPS) is 37.8. The molecule has 1 saturated heterocycles. The van der Waals surface area contributed by atoms with Gasteiger partial charge in [0.25, 0.3) is 0 Å². The van der Waals surface area contributed by atoms with Crippen molar-refractivity contribution in [2.45, 2.75) is 88.3 Å². The van der Waals surface area contributed by atoms with Gasteiger partial charge < -0.3 is 19.5 Å². The van der Waals surface area contributed by atoms with E-state index in [9.17, 15) is 19.5 Å². The molecule has 3 fully saturated rings. The molecule has 5 atom stereocenters. The van der Waals surface area contributed by atoms with Crippen molar-refractivity contribution in [3.05, 3.63) is 52.1 Å². The number of nitrogens with zero attached hydrogens (tertiary/aromatic N) is 1. The van der Waals surface area contributed by atoms with Gasteiger partial charge in [0, 0.05) is 49.4 Å². The number of ether oxygens (including phenoxy) is 2. The van der Waals surface area contributed by atoms with Crippen LogP contribution in [0.4, 0.5) is 10.5 Å². The molecule has 39 heavy (non-hydrogen) atoms. The largest absolute Gasteiger partial charge is 0.509 e. The van der Waals surface area contributed by atoms with Crippen molar-refractivity contribution in [3.8, 4) is 0 Å². The maximum atomic E-state index is 13.7. The Morgan fingerprint density at radius 1 is 1.05 bits per heavy atom. The number of allylic oxidation sites excluding steroid dienone is 3. The highest BCUT2D eigenvalue weighted by Crippen LogP contribution is 2.69. The monoisotopic (exact) mass is 531 g/mol. The highest BCUT2D eigenvalue weighted by molar-refractivity contribution is 5.93. The van der Waals surface area contributed by atoms with E-state index >= 15 is 0 Å². The number of hydrogen-bond acceptors (Lipinski definition) is 7. The first-order chi connectivity index (χ1) is 18.7. The van der Waals surface area contributed by atoms with Crippen molar-refractivity contribution in [1.29, 1.82) is 0 Å². The van der Waals surface area contributed by atoms with Crippen LogP contribution in [-0.4, -0.2) is 54.2 Å². The first-order valence-corrected chi connectivity index (χ1v) is 14.6. The van der Waals surface area contributed by atoms with Crippen LogP contribution in [0.5, 0.6) is 0 Å². The Hall–Kier alpha value is -2.93. The van der Waals surface area contributed by atoms with Crippen LogP contribution in [0.2, 0.25) is 0 Å². The Balaban J connectivity index is 1.49. The first-order valence-electron chi connectivity index (χ1n) is 14.6. The van der Waals surface area contributed by atoms with Crippen molar-refractivity contribution < 1.29 is 29.0 Å². The molecule has 4 bridgehead atoms. The summed E-state index contributed by atoms with van der Waals surface area (Å²) in [6.07, 6.45) is 6.38. The van der Waals surface area contributed by atoms with Gasteiger partial charge in [0.2, 0.25) is 0 Å². The Morgan fingerprint density at radius 2 is 1.90 bits per heavy atom. The summed E-state index contributed by atoms with van der Waals surface area (Å²) < 4.78 is 12.0. The molecule has 4 aliphatic carbocycles. The fourth-order valence-corrected chi connectivity index (χ4v) is 9.20. The number of cyclic esters (lactones) is 1. The SMILES string of the molecule is CN1CCc2cc([C@H]3C[C@@]4(C)C5CC[C@]4(O)C(=O)CCCOC(=O)OC54CCC5=CC(=O)CCC5=C34)ccc21. The summed E-state index contributed by atoms with van der Waals surface area (Å²) in [7, 11) is 2.11. The highest BCUT2D eigenvalue weighted by Gasteiger charge is 2.71. The Labute approximate surface area is 229 Å². The molecule has 7 heteroatoms. The third-order valence-corrected chi connectivity index (χ3v) is 11.1. The summed E-state index contributed by atoms with van der Waals surface area (Å²) in [6, 6.07) is 6.63. The number of carbonyl (C=O) groups is 3. The molecule has 7 nitrogen and oxygen atoms in total. The minimum Gasteiger partial charge on any atom is -0.434 e. The number of Topliss-reactive ketones (excluding diaryl/α,β-unsaturated/α-hetero) is 1. The van der Waals surface area contributed by atoms with E-state index in [1.54, 1.807) is 6.08 Å². The number of hydrogen-bond donors (Lipinski definition) is 1. The van der Waals surface area contributed by atoms with E-state index < -0.39 is 22.8 Å². The van der Waals surface area contributed by atoms with Crippen LogP contribution >= 0.6 is 0 Å². The average Bonchev–Trinajstić information content (AvgIpc) is 3.42. The van der Waals surface area contributed by atoms with E-state index in [-0.39, 0.29) is 36.4 Å². The number of benzene rings is 1. The molecule has 1 aromatic rings. The molecular weight excluding hydrogens is 494 g/mol. The third-order valence-electron chi connectivity index (χ3n) is 11.1. The zero-order valence-corrected chi connectivity index (χ0v) is 22.9. The maximum Gasteiger partial charge on any atom is 0.509 e. The van der Waals surface area contributed by atoms with Crippen molar-refractivity contribution in [2.75, 3.05) is 25.1 Å². The van der Waals surface area contributed by atoms with Crippen molar-refractivity contribution in [1.82, 2.24) is 0 Å². The van der Waals surface area contributed by atoms with Gasteiger partial charge >= 0.3 is 6.16 Å². The Kier molecular flexibility index (Phi) is 5.48. The van der Waals surface area contributed by atoms with Crippen LogP contribution in [0.1, 0.15) is 81.8 Å². The quantitative estimate of drug-likeness (QED) is 0.513. The second-order valence-corrected chi connectivity index (χ2v) is 12.8. The molecule has 2 saturated carbocycles. The lowest BCUT2D eigenvalue weighted by Crippen LogP contribution is -2.62. The summed E-state index contributed by atoms with van der Waals surface area (Å²) in [5.74, 6) is -0.374. The molecule has 0 amide bonds. The second-order valence-electron chi connectivity index (χ2n) is 12.8. The summed E-state index contributed by atoms with van der Waals surface area (Å²) >= 11 is 0. The van der Waals surface area contributed by atoms with Crippen LogP contribution in [0.25, 0.3) is 0 Å². The van der Waals surface area contributed by atoms with Crippen LogP contribution < -0.4 is 4.90 Å². The molecular formula is C32H37NO6. The fraction of sp³-hybridized carbons (Fsp3) is 0.594. The standard InChI is InChI=1S/C32H37NO6/c1-30-18-24(19-5-8-25-21(16-19)11-14-33(25)2)28-23-7-6-22(34)17-20(23)9-12-31(28)26(30)10-13-32(30,37)27(35)4-3-15-38-29(36)39-31/h5,8,16-17,24,26,37H,3-4,6-7,9-15,18H2,1-2H3/t24-,26?,30+,31?,32+/m1/s1. The lowest BCUT2D eigenvalue weighted by atomic mass is 9.48. The van der Waals surface area contributed by atoms with Crippen LogP contribution in [0.3, 0.4) is 0 Å². The van der Waals surface area contributed by atoms with Gasteiger partial charge in [-0.05, 0) is 91.4 Å². The van der Waals surface area contributed by atoms with E-state index in [4.69, 9.17) is 9.47 Å². The van der Waals surface area contributed by atoms with Gasteiger partial charge in [-0.2, -0.15) is 0 Å². The smallest absolute Gasteiger partial charge is 0.434 e. The molecule has 1 N–H and O–H groups in total. The van der Waals surface area contributed by atoms with Gasteiger partial charge in [-0.3, -0.25) is 9.59 Å². The van der Waals surface area contributed by atoms with Crippen molar-refractivity contribution >= 4 is 23.4 Å². The lowest BCUT2D eigenvalue weighted by Gasteiger charge is -2.59. The molecule has 7 rings (SSSR count). The highest BCUT2D eigenvalue weighted by atomic mass is 16.7. The summed E-state index contributed by atoms with van der Waals surface area (Å²) in [4.78, 5) is 41.6. The first kappa shape index (κ1) is 25.1. The average molecular weight is 532 g/mol. The molecule has 2 unspecified atom stereocenters. The minimum absolute atomic E-state index is 0.0887. The van der Waals surface area contributed by atoms with E-state index in [0.29, 0.717) is 51.4 Å². The van der Waals surface area contributed by atoms with Gasteiger partial charge in [0.15, 0.2) is 11.6 Å². The maximum absolute atomic E-state index is 13.7. The molecule has 0 radical (unpaired) electrons. The molecule has 2 aliphatic heterocycles. The number of aliphatic hydroxyl groups is 1. The van der Waals surface area contributed by atoms with Crippen molar-refractivity contribution in [3.63, 3.8) is 0 Å². The zero-order valence-electron chi connectivity index (χ0n) is 22.9. The minimum atomic E-state index is -1.48. The molecule has 1 spiro atoms. The topological polar surface area (TPSA) is 93.1 Å². The van der Waals surface area contributed by atoms with Gasteiger partial charge in [-0.25, -0.2) is 4.79 Å². The van der Waals surface area contributed by atoms with Gasteiger partial charge in [-0.15, -0.1) is 0 Å². The third kappa shape index (κ3) is 3.41. The number of anilines is 1. The Bertz CT molecular complexity index is 1360. The number of carbonyl (C=O) groups excluding carboxylic acids is 3. The van der Waals surface area contributed by atoms with Crippen molar-refractivity contribution in [2.24, 2.45) is 11.3 Å². The van der Waals surface area contributed by atoms with Gasteiger partial charge in [-0.1, -0.05) is 19.1 Å². The molecule has 2 heterocycles. The summed E-state index contributed by atoms with van der Waals surface area (Å²) in [5.41, 5.74) is 3.67. The lowest BCUT2D eigenvalue weighted by molar-refractivity contribution is -0.166. The second kappa shape index (κ2) is 8.53. The van der Waals surface area contributed by atoms with Crippen LogP contribution in [0, 0.1) is 11.3 Å². The van der Waals surface area contributed by atoms with E-state index in [1.807, 2.05) is 0 Å². The van der Waals surface area contributed by atoms with E-state index in [0.717, 1.165) is 35.2 Å². The predicted molar refractivity (Wildman–Crippen MR) is 145 cm³/mol. The van der Waals surface area contributed by atoms with Gasteiger partial charge in [0.1, 0.15) is 11.2 Å². The zero-order chi connectivity index (χ0) is 27.2. The molecule has 1 aromatic carbocycles. The molecule has 206 valence electrons. The van der Waals surface area contributed by atoms with Crippen LogP contribution in [0.15, 0.2) is 41.0 Å². The predicted octanol–water partition coefficient (Wildman–Crippen LogP) is 4.95. The van der Waals surface area contributed by atoms with E-state index in [2.05, 4.69) is 37.1 Å². The molecule has 0 aromatic heterocycles. The summed E-state index contributed by atoms with van der Waals surface area (Å²) in [5, 5.41) is 12.2.